The summed E-state index contributed by atoms with van der Waals surface area (Å²) in [5, 5.41) is 3.22. The third kappa shape index (κ3) is 3.81. The van der Waals surface area contributed by atoms with Gasteiger partial charge >= 0.3 is 0 Å². The Hall–Kier alpha value is -1.90. The zero-order valence-corrected chi connectivity index (χ0v) is 13.9. The van der Waals surface area contributed by atoms with Crippen LogP contribution in [0.25, 0.3) is 11.1 Å². The molecule has 0 aliphatic carbocycles. The summed E-state index contributed by atoms with van der Waals surface area (Å²) in [6, 6.07) is 6.91. The van der Waals surface area contributed by atoms with E-state index in [1.807, 2.05) is 12.4 Å². The van der Waals surface area contributed by atoms with Crippen LogP contribution in [0, 0.1) is 6.92 Å². The number of hydrogen-bond acceptors (Lipinski definition) is 3. The number of aryl methyl sites for hydroxylation is 1. The Morgan fingerprint density at radius 1 is 1.05 bits per heavy atom. The Morgan fingerprint density at radius 2 is 1.67 bits per heavy atom. The number of nitrogens with one attached hydrogen (secondary N) is 1. The van der Waals surface area contributed by atoms with Gasteiger partial charge in [-0.1, -0.05) is 44.5 Å². The highest BCUT2D eigenvalue weighted by molar-refractivity contribution is 5.68. The van der Waals surface area contributed by atoms with E-state index in [4.69, 9.17) is 0 Å². The highest BCUT2D eigenvalue weighted by Gasteiger charge is 2.19. The highest BCUT2D eigenvalue weighted by Crippen LogP contribution is 2.33. The number of hydrogen-bond donors (Lipinski definition) is 1. The lowest BCUT2D eigenvalue weighted by atomic mass is 9.81. The first kappa shape index (κ1) is 15.5. The molecule has 0 fully saturated rings. The van der Waals surface area contributed by atoms with Crippen molar-refractivity contribution in [1.82, 2.24) is 9.97 Å². The summed E-state index contributed by atoms with van der Waals surface area (Å²) in [4.78, 5) is 8.84. The number of aromatic nitrogens is 2. The molecule has 0 amide bonds. The molecular formula is C18H25N3. The fourth-order valence-electron chi connectivity index (χ4n) is 2.33. The van der Waals surface area contributed by atoms with Crippen LogP contribution in [0.1, 0.15) is 45.7 Å². The maximum Gasteiger partial charge on any atom is 0.222 e. The quantitative estimate of drug-likeness (QED) is 0.896. The van der Waals surface area contributed by atoms with E-state index in [1.165, 1.54) is 16.7 Å². The lowest BCUT2D eigenvalue weighted by molar-refractivity contribution is 0.591. The van der Waals surface area contributed by atoms with Crippen LogP contribution in [0.4, 0.5) is 5.95 Å². The molecule has 3 heteroatoms. The Kier molecular flexibility index (Phi) is 4.31. The number of nitrogens with zero attached hydrogens (tertiary/aromatic N) is 2. The van der Waals surface area contributed by atoms with Crippen LogP contribution in [0.3, 0.4) is 0 Å². The second-order valence-corrected chi connectivity index (χ2v) is 6.89. The Balaban J connectivity index is 2.42. The lowest BCUT2D eigenvalue weighted by Crippen LogP contribution is -2.14. The van der Waals surface area contributed by atoms with E-state index < -0.39 is 0 Å². The first-order chi connectivity index (χ1) is 9.77. The normalized spacial score (nSPS) is 11.8. The molecule has 112 valence electrons. The van der Waals surface area contributed by atoms with Gasteiger partial charge in [-0.3, -0.25) is 0 Å². The van der Waals surface area contributed by atoms with Crippen molar-refractivity contribution in [1.29, 1.82) is 0 Å². The number of benzene rings is 1. The highest BCUT2D eigenvalue weighted by atomic mass is 15.1. The molecule has 0 radical (unpaired) electrons. The van der Waals surface area contributed by atoms with Gasteiger partial charge in [0.15, 0.2) is 0 Å². The summed E-state index contributed by atoms with van der Waals surface area (Å²) in [6.07, 6.45) is 3.80. The average Bonchev–Trinajstić information content (AvgIpc) is 2.38. The van der Waals surface area contributed by atoms with Crippen LogP contribution in [0.2, 0.25) is 0 Å². The molecule has 0 aliphatic heterocycles. The molecule has 2 rings (SSSR count). The molecule has 0 unspecified atom stereocenters. The van der Waals surface area contributed by atoms with Crippen molar-refractivity contribution in [2.45, 2.75) is 53.0 Å². The maximum absolute atomic E-state index is 4.42. The van der Waals surface area contributed by atoms with Gasteiger partial charge in [0.1, 0.15) is 0 Å². The van der Waals surface area contributed by atoms with Crippen LogP contribution in [0.5, 0.6) is 0 Å². The fourth-order valence-corrected chi connectivity index (χ4v) is 2.33. The van der Waals surface area contributed by atoms with Gasteiger partial charge in [0.25, 0.3) is 0 Å². The van der Waals surface area contributed by atoms with Crippen LogP contribution in [-0.4, -0.2) is 16.0 Å². The van der Waals surface area contributed by atoms with Gasteiger partial charge < -0.3 is 5.32 Å². The maximum atomic E-state index is 4.42. The van der Waals surface area contributed by atoms with E-state index in [0.29, 0.717) is 12.0 Å². The van der Waals surface area contributed by atoms with E-state index in [2.05, 4.69) is 75.0 Å². The SMILES string of the molecule is Cc1ccc(-c2cnc(NC(C)C)nc2)c(C(C)(C)C)c1. The van der Waals surface area contributed by atoms with E-state index in [1.54, 1.807) is 0 Å². The van der Waals surface area contributed by atoms with Gasteiger partial charge in [-0.15, -0.1) is 0 Å². The minimum atomic E-state index is 0.0935. The molecule has 1 heterocycles. The van der Waals surface area contributed by atoms with Gasteiger partial charge in [-0.05, 0) is 37.3 Å². The van der Waals surface area contributed by atoms with Crippen molar-refractivity contribution in [2.75, 3.05) is 5.32 Å². The van der Waals surface area contributed by atoms with Crippen LogP contribution >= 0.6 is 0 Å². The Morgan fingerprint density at radius 3 is 2.19 bits per heavy atom. The largest absolute Gasteiger partial charge is 0.352 e. The second kappa shape index (κ2) is 5.84. The average molecular weight is 283 g/mol. The van der Waals surface area contributed by atoms with Crippen molar-refractivity contribution >= 4 is 5.95 Å². The summed E-state index contributed by atoms with van der Waals surface area (Å²) in [5.74, 6) is 0.679. The Labute approximate surface area is 127 Å². The monoisotopic (exact) mass is 283 g/mol. The summed E-state index contributed by atoms with van der Waals surface area (Å²) >= 11 is 0. The molecule has 0 atom stereocenters. The Bertz CT molecular complexity index is 607. The van der Waals surface area contributed by atoms with Crippen molar-refractivity contribution in [3.8, 4) is 11.1 Å². The molecular weight excluding hydrogens is 258 g/mol. The number of anilines is 1. The van der Waals surface area contributed by atoms with E-state index >= 15 is 0 Å². The van der Waals surface area contributed by atoms with Crippen LogP contribution < -0.4 is 5.32 Å². The fraction of sp³-hybridized carbons (Fsp3) is 0.444. The topological polar surface area (TPSA) is 37.8 Å². The van der Waals surface area contributed by atoms with Crippen LogP contribution in [0.15, 0.2) is 30.6 Å². The van der Waals surface area contributed by atoms with E-state index in [-0.39, 0.29) is 5.41 Å². The molecule has 0 saturated heterocycles. The van der Waals surface area contributed by atoms with E-state index in [9.17, 15) is 0 Å². The molecule has 0 spiro atoms. The first-order valence-electron chi connectivity index (χ1n) is 7.47. The smallest absolute Gasteiger partial charge is 0.222 e. The summed E-state index contributed by atoms with van der Waals surface area (Å²) in [7, 11) is 0. The van der Waals surface area contributed by atoms with E-state index in [0.717, 1.165) is 5.56 Å². The lowest BCUT2D eigenvalue weighted by Gasteiger charge is -2.23. The predicted octanol–water partition coefficient (Wildman–Crippen LogP) is 4.57. The molecule has 0 aliphatic rings. The standard InChI is InChI=1S/C18H25N3/c1-12(2)21-17-19-10-14(11-20-17)15-8-7-13(3)9-16(15)18(4,5)6/h7-12H,1-6H3,(H,19,20,21). The molecule has 2 aromatic rings. The minimum absolute atomic E-state index is 0.0935. The zero-order valence-electron chi connectivity index (χ0n) is 13.9. The van der Waals surface area contributed by atoms with Gasteiger partial charge in [0.05, 0.1) is 0 Å². The van der Waals surface area contributed by atoms with Crippen molar-refractivity contribution in [3.63, 3.8) is 0 Å². The zero-order chi connectivity index (χ0) is 15.6. The summed E-state index contributed by atoms with van der Waals surface area (Å²) in [5.41, 5.74) is 4.98. The third-order valence-electron chi connectivity index (χ3n) is 3.36. The molecule has 0 bridgehead atoms. The molecule has 1 N–H and O–H groups in total. The summed E-state index contributed by atoms with van der Waals surface area (Å²) < 4.78 is 0. The van der Waals surface area contributed by atoms with Crippen molar-refractivity contribution in [3.05, 3.63) is 41.7 Å². The molecule has 3 nitrogen and oxygen atoms in total. The second-order valence-electron chi connectivity index (χ2n) is 6.89. The van der Waals surface area contributed by atoms with Crippen molar-refractivity contribution in [2.24, 2.45) is 0 Å². The van der Waals surface area contributed by atoms with Gasteiger partial charge in [0, 0.05) is 24.0 Å². The molecule has 1 aromatic heterocycles. The van der Waals surface area contributed by atoms with Gasteiger partial charge in [-0.25, -0.2) is 9.97 Å². The van der Waals surface area contributed by atoms with Gasteiger partial charge in [-0.2, -0.15) is 0 Å². The third-order valence-corrected chi connectivity index (χ3v) is 3.36. The molecule has 1 aromatic carbocycles. The minimum Gasteiger partial charge on any atom is -0.352 e. The van der Waals surface area contributed by atoms with Crippen LogP contribution in [-0.2, 0) is 5.41 Å². The summed E-state index contributed by atoms with van der Waals surface area (Å²) in [6.45, 7) is 13.0. The number of rotatable bonds is 3. The first-order valence-corrected chi connectivity index (χ1v) is 7.47. The predicted molar refractivity (Wildman–Crippen MR) is 89.7 cm³/mol. The van der Waals surface area contributed by atoms with Gasteiger partial charge in [0.2, 0.25) is 5.95 Å². The van der Waals surface area contributed by atoms with Crippen molar-refractivity contribution < 1.29 is 0 Å². The molecule has 0 saturated carbocycles. The molecule has 21 heavy (non-hydrogen) atoms.